The molecule has 0 spiro atoms. The number of hydrogen-bond donors (Lipinski definition) is 2. The van der Waals surface area contributed by atoms with E-state index in [1.807, 2.05) is 18.2 Å². The molecule has 1 aliphatic rings. The lowest BCUT2D eigenvalue weighted by atomic mass is 9.97. The van der Waals surface area contributed by atoms with Gasteiger partial charge in [-0.05, 0) is 44.0 Å². The maximum atomic E-state index is 13.4. The number of amides is 3. The van der Waals surface area contributed by atoms with E-state index in [4.69, 9.17) is 4.74 Å². The predicted octanol–water partition coefficient (Wildman–Crippen LogP) is 3.55. The topological polar surface area (TPSA) is 131 Å². The number of nitrogens with one attached hydrogen (secondary N) is 2. The summed E-state index contributed by atoms with van der Waals surface area (Å²) >= 11 is 0. The van der Waals surface area contributed by atoms with E-state index in [9.17, 15) is 28.9 Å². The largest absolute Gasteiger partial charge is 0.452 e. The Morgan fingerprint density at radius 2 is 1.76 bits per heavy atom. The van der Waals surface area contributed by atoms with E-state index >= 15 is 0 Å². The van der Waals surface area contributed by atoms with Crippen molar-refractivity contribution >= 4 is 35.0 Å². The zero-order valence-electron chi connectivity index (χ0n) is 17.8. The van der Waals surface area contributed by atoms with Gasteiger partial charge in [-0.2, -0.15) is 4.39 Å². The fraction of sp³-hybridized carbons (Fsp3) is 0.318. The molecule has 0 saturated carbocycles. The summed E-state index contributed by atoms with van der Waals surface area (Å²) in [6.45, 7) is 2.09. The first-order valence-corrected chi connectivity index (χ1v) is 10.3. The molecule has 1 heterocycles. The predicted molar refractivity (Wildman–Crippen MR) is 117 cm³/mol. The molecule has 11 heteroatoms. The molecular weight excluding hydrogens is 435 g/mol. The first kappa shape index (κ1) is 23.6. The third-order valence-corrected chi connectivity index (χ3v) is 5.21. The molecule has 33 heavy (non-hydrogen) atoms. The van der Waals surface area contributed by atoms with E-state index in [0.717, 1.165) is 12.1 Å². The van der Waals surface area contributed by atoms with E-state index < -0.39 is 40.3 Å². The Labute approximate surface area is 188 Å². The number of para-hydroxylation sites is 1. The lowest BCUT2D eigenvalue weighted by Crippen LogP contribution is -2.43. The number of urea groups is 1. The Bertz CT molecular complexity index is 1040. The molecule has 1 fully saturated rings. The quantitative estimate of drug-likeness (QED) is 0.387. The highest BCUT2D eigenvalue weighted by molar-refractivity contribution is 5.95. The second kappa shape index (κ2) is 10.5. The molecule has 0 radical (unpaired) electrons. The summed E-state index contributed by atoms with van der Waals surface area (Å²) in [6.07, 6.45) is -0.389. The van der Waals surface area contributed by atoms with E-state index in [-0.39, 0.29) is 11.7 Å². The van der Waals surface area contributed by atoms with Crippen LogP contribution in [0.2, 0.25) is 0 Å². The minimum absolute atomic E-state index is 0.00809. The Morgan fingerprint density at radius 3 is 2.39 bits per heavy atom. The third-order valence-electron chi connectivity index (χ3n) is 5.21. The molecular formula is C22H23FN4O6. The molecule has 1 aliphatic heterocycles. The van der Waals surface area contributed by atoms with Crippen LogP contribution in [0.3, 0.4) is 0 Å². The highest BCUT2D eigenvalue weighted by Gasteiger charge is 2.30. The second-order valence-corrected chi connectivity index (χ2v) is 7.55. The number of carbonyl (C=O) groups excluding carboxylic acids is 3. The van der Waals surface area contributed by atoms with Gasteiger partial charge < -0.3 is 20.3 Å². The van der Waals surface area contributed by atoms with Crippen molar-refractivity contribution in [2.45, 2.75) is 25.9 Å². The number of likely N-dealkylation sites (tertiary alicyclic amines) is 1. The van der Waals surface area contributed by atoms with Crippen LogP contribution in [0.5, 0.6) is 0 Å². The number of nitro groups is 1. The molecule has 174 valence electrons. The fourth-order valence-electron chi connectivity index (χ4n) is 3.34. The van der Waals surface area contributed by atoms with Crippen molar-refractivity contribution in [3.63, 3.8) is 0 Å². The minimum atomic E-state index is -1.17. The Hall–Kier alpha value is -4.02. The SMILES string of the molecule is CC(OC(=O)C1CCN(C(=O)Nc2ccccc2)CC1)C(=O)Nc1ccc(F)c([N+](=O)[O-])c1. The van der Waals surface area contributed by atoms with Crippen molar-refractivity contribution in [3.05, 3.63) is 64.5 Å². The Kier molecular flexibility index (Phi) is 7.54. The molecule has 0 aliphatic carbocycles. The number of hydrogen-bond acceptors (Lipinski definition) is 6. The second-order valence-electron chi connectivity index (χ2n) is 7.55. The van der Waals surface area contributed by atoms with Crippen LogP contribution < -0.4 is 10.6 Å². The number of piperidine rings is 1. The van der Waals surface area contributed by atoms with Crippen molar-refractivity contribution in [1.29, 1.82) is 0 Å². The zero-order chi connectivity index (χ0) is 24.0. The van der Waals surface area contributed by atoms with Gasteiger partial charge in [-0.25, -0.2) is 4.79 Å². The van der Waals surface area contributed by atoms with Crippen molar-refractivity contribution in [3.8, 4) is 0 Å². The lowest BCUT2D eigenvalue weighted by molar-refractivity contribution is -0.387. The molecule has 1 unspecified atom stereocenters. The Morgan fingerprint density at radius 1 is 1.09 bits per heavy atom. The van der Waals surface area contributed by atoms with Crippen LogP contribution in [0, 0.1) is 21.8 Å². The third kappa shape index (κ3) is 6.25. The standard InChI is InChI=1S/C22H23FN4O6/c1-14(20(28)24-17-7-8-18(23)19(13-17)27(31)32)33-21(29)15-9-11-26(12-10-15)22(30)25-16-5-3-2-4-6-16/h2-8,13-15H,9-12H2,1H3,(H,24,28)(H,25,30). The highest BCUT2D eigenvalue weighted by Crippen LogP contribution is 2.23. The van der Waals surface area contributed by atoms with Crippen molar-refractivity contribution in [2.24, 2.45) is 5.92 Å². The zero-order valence-corrected chi connectivity index (χ0v) is 17.8. The molecule has 1 atom stereocenters. The minimum Gasteiger partial charge on any atom is -0.452 e. The van der Waals surface area contributed by atoms with Crippen LogP contribution in [0.25, 0.3) is 0 Å². The smallest absolute Gasteiger partial charge is 0.321 e. The molecule has 10 nitrogen and oxygen atoms in total. The maximum Gasteiger partial charge on any atom is 0.321 e. The number of nitro benzene ring substituents is 1. The summed E-state index contributed by atoms with van der Waals surface area (Å²) in [4.78, 5) is 48.6. The summed E-state index contributed by atoms with van der Waals surface area (Å²) < 4.78 is 18.7. The van der Waals surface area contributed by atoms with Gasteiger partial charge in [0.2, 0.25) is 5.82 Å². The molecule has 2 N–H and O–H groups in total. The van der Waals surface area contributed by atoms with Gasteiger partial charge in [-0.1, -0.05) is 18.2 Å². The van der Waals surface area contributed by atoms with Gasteiger partial charge in [0.05, 0.1) is 10.8 Å². The summed E-state index contributed by atoms with van der Waals surface area (Å²) in [5.41, 5.74) is -0.0930. The fourth-order valence-corrected chi connectivity index (χ4v) is 3.34. The van der Waals surface area contributed by atoms with Gasteiger partial charge in [0, 0.05) is 30.5 Å². The van der Waals surface area contributed by atoms with Crippen molar-refractivity contribution < 1.29 is 28.4 Å². The van der Waals surface area contributed by atoms with Gasteiger partial charge in [-0.3, -0.25) is 19.7 Å². The number of nitrogens with zero attached hydrogens (tertiary/aromatic N) is 2. The molecule has 1 saturated heterocycles. The van der Waals surface area contributed by atoms with Crippen LogP contribution in [0.1, 0.15) is 19.8 Å². The van der Waals surface area contributed by atoms with Crippen molar-refractivity contribution in [1.82, 2.24) is 4.90 Å². The van der Waals surface area contributed by atoms with Gasteiger partial charge in [0.15, 0.2) is 6.10 Å². The van der Waals surface area contributed by atoms with Crippen LogP contribution in [-0.2, 0) is 14.3 Å². The number of esters is 1. The van der Waals surface area contributed by atoms with Crippen LogP contribution in [0.4, 0.5) is 26.2 Å². The van der Waals surface area contributed by atoms with E-state index in [0.29, 0.717) is 31.6 Å². The average Bonchev–Trinajstić information content (AvgIpc) is 2.80. The number of rotatable bonds is 6. The normalized spacial score (nSPS) is 14.8. The molecule has 2 aromatic carbocycles. The van der Waals surface area contributed by atoms with Crippen LogP contribution in [-0.4, -0.2) is 46.9 Å². The van der Waals surface area contributed by atoms with Crippen molar-refractivity contribution in [2.75, 3.05) is 23.7 Å². The van der Waals surface area contributed by atoms with Gasteiger partial charge in [0.1, 0.15) is 0 Å². The molecule has 0 bridgehead atoms. The van der Waals surface area contributed by atoms with E-state index in [1.165, 1.54) is 13.0 Å². The summed E-state index contributed by atoms with van der Waals surface area (Å²) in [5, 5.41) is 16.0. The summed E-state index contributed by atoms with van der Waals surface area (Å²) in [7, 11) is 0. The molecule has 3 rings (SSSR count). The van der Waals surface area contributed by atoms with Gasteiger partial charge in [-0.15, -0.1) is 0 Å². The van der Waals surface area contributed by atoms with Gasteiger partial charge in [0.25, 0.3) is 5.91 Å². The maximum absolute atomic E-state index is 13.4. The monoisotopic (exact) mass is 458 g/mol. The number of halogens is 1. The van der Waals surface area contributed by atoms with E-state index in [2.05, 4.69) is 10.6 Å². The number of carbonyl (C=O) groups is 3. The van der Waals surface area contributed by atoms with E-state index in [1.54, 1.807) is 17.0 Å². The Balaban J connectivity index is 1.47. The highest BCUT2D eigenvalue weighted by atomic mass is 19.1. The average molecular weight is 458 g/mol. The van der Waals surface area contributed by atoms with Gasteiger partial charge >= 0.3 is 17.7 Å². The van der Waals surface area contributed by atoms with Crippen LogP contribution in [0.15, 0.2) is 48.5 Å². The number of anilines is 2. The molecule has 3 amide bonds. The number of benzene rings is 2. The number of ether oxygens (including phenoxy) is 1. The lowest BCUT2D eigenvalue weighted by Gasteiger charge is -2.31. The molecule has 2 aromatic rings. The van der Waals surface area contributed by atoms with Crippen LogP contribution >= 0.6 is 0 Å². The first-order valence-electron chi connectivity index (χ1n) is 10.3. The summed E-state index contributed by atoms with van der Waals surface area (Å²) in [5.74, 6) is -2.76. The molecule has 0 aromatic heterocycles. The summed E-state index contributed by atoms with van der Waals surface area (Å²) in [6, 6.07) is 11.7. The first-order chi connectivity index (χ1) is 15.7.